The molecule has 1 aromatic carbocycles. The second-order valence-corrected chi connectivity index (χ2v) is 2.83. The number of nitrogens with one attached hydrogen (secondary N) is 1. The summed E-state index contributed by atoms with van der Waals surface area (Å²) in [4.78, 5) is 0. The van der Waals surface area contributed by atoms with Gasteiger partial charge in [-0.2, -0.15) is 0 Å². The Balaban J connectivity index is 2.93. The van der Waals surface area contributed by atoms with Gasteiger partial charge in [0.2, 0.25) is 0 Å². The highest BCUT2D eigenvalue weighted by Crippen LogP contribution is 2.31. The van der Waals surface area contributed by atoms with Gasteiger partial charge >= 0.3 is 0 Å². The Hall–Kier alpha value is -1.62. The lowest BCUT2D eigenvalue weighted by Crippen LogP contribution is -2.09. The minimum absolute atomic E-state index is 0.0326. The summed E-state index contributed by atoms with van der Waals surface area (Å²) in [7, 11) is 1.55. The molecule has 0 aliphatic heterocycles. The van der Waals surface area contributed by atoms with Gasteiger partial charge in [-0.3, -0.25) is 0 Å². The van der Waals surface area contributed by atoms with Crippen molar-refractivity contribution in [3.05, 3.63) is 12.1 Å². The third kappa shape index (κ3) is 2.20. The van der Waals surface area contributed by atoms with Gasteiger partial charge in [-0.05, 0) is 0 Å². The van der Waals surface area contributed by atoms with Crippen molar-refractivity contribution in [2.24, 2.45) is 0 Å². The molecule has 5 nitrogen and oxygen atoms in total. The largest absolute Gasteiger partial charge is 0.497 e. The van der Waals surface area contributed by atoms with Crippen molar-refractivity contribution in [1.29, 1.82) is 0 Å². The molecule has 6 N–H and O–H groups in total. The standard InChI is InChI=1S/C9H15N3O2/c1-14-6-4-7(10)9(8(11)5-6)12-2-3-13/h4-5,12-13H,2-3,10-11H2,1H3. The highest BCUT2D eigenvalue weighted by Gasteiger charge is 2.05. The summed E-state index contributed by atoms with van der Waals surface area (Å²) < 4.78 is 5.00. The van der Waals surface area contributed by atoms with Crippen LogP contribution in [-0.4, -0.2) is 25.4 Å². The van der Waals surface area contributed by atoms with Gasteiger partial charge in [0, 0.05) is 18.7 Å². The molecular formula is C9H15N3O2. The molecule has 0 aliphatic rings. The number of nitrogens with two attached hydrogens (primary N) is 2. The van der Waals surface area contributed by atoms with E-state index < -0.39 is 0 Å². The molecule has 0 spiro atoms. The number of ether oxygens (including phenoxy) is 1. The van der Waals surface area contributed by atoms with Crippen LogP contribution in [0.3, 0.4) is 0 Å². The van der Waals surface area contributed by atoms with Crippen LogP contribution in [0.1, 0.15) is 0 Å². The molecule has 0 aromatic heterocycles. The van der Waals surface area contributed by atoms with E-state index in [1.54, 1.807) is 19.2 Å². The molecule has 0 heterocycles. The van der Waals surface area contributed by atoms with E-state index >= 15 is 0 Å². The Kier molecular flexibility index (Phi) is 3.41. The summed E-state index contributed by atoms with van der Waals surface area (Å²) >= 11 is 0. The van der Waals surface area contributed by atoms with E-state index in [0.29, 0.717) is 29.4 Å². The van der Waals surface area contributed by atoms with Gasteiger partial charge in [0.15, 0.2) is 0 Å². The predicted octanol–water partition coefficient (Wildman–Crippen LogP) is 0.264. The van der Waals surface area contributed by atoms with Gasteiger partial charge in [-0.25, -0.2) is 0 Å². The van der Waals surface area contributed by atoms with Crippen molar-refractivity contribution in [2.75, 3.05) is 37.0 Å². The Morgan fingerprint density at radius 2 is 1.93 bits per heavy atom. The average molecular weight is 197 g/mol. The summed E-state index contributed by atoms with van der Waals surface area (Å²) in [6.07, 6.45) is 0. The van der Waals surface area contributed by atoms with Crippen LogP contribution in [0.15, 0.2) is 12.1 Å². The third-order valence-corrected chi connectivity index (χ3v) is 1.82. The molecule has 78 valence electrons. The van der Waals surface area contributed by atoms with Gasteiger partial charge in [0.1, 0.15) is 5.75 Å². The maximum absolute atomic E-state index is 8.64. The zero-order valence-electron chi connectivity index (χ0n) is 8.08. The number of aliphatic hydroxyl groups is 1. The Morgan fingerprint density at radius 1 is 1.36 bits per heavy atom. The van der Waals surface area contributed by atoms with Crippen LogP contribution in [0.2, 0.25) is 0 Å². The first-order valence-corrected chi connectivity index (χ1v) is 4.26. The summed E-state index contributed by atoms with van der Waals surface area (Å²) in [6, 6.07) is 3.35. The lowest BCUT2D eigenvalue weighted by molar-refractivity contribution is 0.311. The molecule has 0 unspecified atom stereocenters. The zero-order valence-corrected chi connectivity index (χ0v) is 8.08. The predicted molar refractivity (Wildman–Crippen MR) is 57.4 cm³/mol. The molecule has 0 bridgehead atoms. The fourth-order valence-corrected chi connectivity index (χ4v) is 1.16. The van der Waals surface area contributed by atoms with Crippen molar-refractivity contribution in [3.63, 3.8) is 0 Å². The van der Waals surface area contributed by atoms with E-state index in [0.717, 1.165) is 0 Å². The molecule has 0 aliphatic carbocycles. The summed E-state index contributed by atoms with van der Waals surface area (Å²) in [6.45, 7) is 0.450. The summed E-state index contributed by atoms with van der Waals surface area (Å²) in [5.41, 5.74) is 13.1. The molecular weight excluding hydrogens is 182 g/mol. The van der Waals surface area contributed by atoms with Gasteiger partial charge < -0.3 is 26.6 Å². The van der Waals surface area contributed by atoms with E-state index in [2.05, 4.69) is 5.32 Å². The van der Waals surface area contributed by atoms with Crippen LogP contribution in [-0.2, 0) is 0 Å². The van der Waals surface area contributed by atoms with Gasteiger partial charge in [0.25, 0.3) is 0 Å². The smallest absolute Gasteiger partial charge is 0.123 e. The van der Waals surface area contributed by atoms with E-state index in [4.69, 9.17) is 21.3 Å². The molecule has 0 saturated carbocycles. The Bertz CT molecular complexity index is 292. The van der Waals surface area contributed by atoms with Gasteiger partial charge in [-0.1, -0.05) is 0 Å². The van der Waals surface area contributed by atoms with Crippen LogP contribution in [0.5, 0.6) is 5.75 Å². The molecule has 0 radical (unpaired) electrons. The van der Waals surface area contributed by atoms with Crippen LogP contribution in [0.4, 0.5) is 17.1 Å². The Morgan fingerprint density at radius 3 is 2.36 bits per heavy atom. The molecule has 0 amide bonds. The van der Waals surface area contributed by atoms with Crippen LogP contribution in [0.25, 0.3) is 0 Å². The summed E-state index contributed by atoms with van der Waals surface area (Å²) in [5, 5.41) is 11.6. The number of nitrogen functional groups attached to an aromatic ring is 2. The number of aliphatic hydroxyl groups excluding tert-OH is 1. The number of methoxy groups -OCH3 is 1. The molecule has 5 heteroatoms. The monoisotopic (exact) mass is 197 g/mol. The van der Waals surface area contributed by atoms with Crippen molar-refractivity contribution in [2.45, 2.75) is 0 Å². The SMILES string of the molecule is COc1cc(N)c(NCCO)c(N)c1. The fraction of sp³-hybridized carbons (Fsp3) is 0.333. The maximum atomic E-state index is 8.64. The first-order chi connectivity index (χ1) is 6.69. The number of rotatable bonds is 4. The van der Waals surface area contributed by atoms with Crippen molar-refractivity contribution >= 4 is 17.1 Å². The normalized spacial score (nSPS) is 9.86. The topological polar surface area (TPSA) is 93.5 Å². The quantitative estimate of drug-likeness (QED) is 0.520. The molecule has 0 fully saturated rings. The average Bonchev–Trinajstić information content (AvgIpc) is 2.16. The highest BCUT2D eigenvalue weighted by atomic mass is 16.5. The molecule has 0 atom stereocenters. The third-order valence-electron chi connectivity index (χ3n) is 1.82. The minimum Gasteiger partial charge on any atom is -0.497 e. The van der Waals surface area contributed by atoms with Crippen LogP contribution < -0.4 is 21.5 Å². The first-order valence-electron chi connectivity index (χ1n) is 4.26. The lowest BCUT2D eigenvalue weighted by Gasteiger charge is -2.12. The van der Waals surface area contributed by atoms with Crippen LogP contribution >= 0.6 is 0 Å². The van der Waals surface area contributed by atoms with Crippen LogP contribution in [0, 0.1) is 0 Å². The number of anilines is 3. The zero-order chi connectivity index (χ0) is 10.6. The maximum Gasteiger partial charge on any atom is 0.123 e. The minimum atomic E-state index is 0.0326. The number of hydrogen-bond donors (Lipinski definition) is 4. The molecule has 0 saturated heterocycles. The second-order valence-electron chi connectivity index (χ2n) is 2.83. The van der Waals surface area contributed by atoms with Gasteiger partial charge in [0.05, 0.1) is 30.8 Å². The molecule has 14 heavy (non-hydrogen) atoms. The van der Waals surface area contributed by atoms with Crippen molar-refractivity contribution < 1.29 is 9.84 Å². The second kappa shape index (κ2) is 4.57. The van der Waals surface area contributed by atoms with Crippen molar-refractivity contribution in [1.82, 2.24) is 0 Å². The van der Waals surface area contributed by atoms with E-state index in [1.165, 1.54) is 0 Å². The van der Waals surface area contributed by atoms with E-state index in [1.807, 2.05) is 0 Å². The number of benzene rings is 1. The lowest BCUT2D eigenvalue weighted by atomic mass is 10.2. The van der Waals surface area contributed by atoms with Crippen molar-refractivity contribution in [3.8, 4) is 5.75 Å². The molecule has 1 rings (SSSR count). The highest BCUT2D eigenvalue weighted by molar-refractivity contribution is 5.81. The Labute approximate surface area is 82.7 Å². The van der Waals surface area contributed by atoms with E-state index in [-0.39, 0.29) is 6.61 Å². The summed E-state index contributed by atoms with van der Waals surface area (Å²) in [5.74, 6) is 0.620. The molecule has 1 aromatic rings. The number of hydrogen-bond acceptors (Lipinski definition) is 5. The van der Waals surface area contributed by atoms with E-state index in [9.17, 15) is 0 Å². The van der Waals surface area contributed by atoms with Gasteiger partial charge in [-0.15, -0.1) is 0 Å². The fourth-order valence-electron chi connectivity index (χ4n) is 1.16. The first kappa shape index (κ1) is 10.5.